The zero-order valence-corrected chi connectivity index (χ0v) is 13.3. The molecule has 0 aromatic rings. The maximum Gasteiger partial charge on any atom is 0.310 e. The predicted octanol–water partition coefficient (Wildman–Crippen LogP) is 1.42. The first-order valence-corrected chi connectivity index (χ1v) is 7.56. The van der Waals surface area contributed by atoms with E-state index >= 15 is 0 Å². The zero-order chi connectivity index (χ0) is 15.3. The number of carbonyl (C=O) groups excluding carboxylic acids is 2. The van der Waals surface area contributed by atoms with Crippen LogP contribution in [0.25, 0.3) is 0 Å². The lowest BCUT2D eigenvalue weighted by Crippen LogP contribution is -2.47. The Morgan fingerprint density at radius 3 is 2.40 bits per heavy atom. The molecule has 0 radical (unpaired) electrons. The second-order valence-electron chi connectivity index (χ2n) is 5.76. The molecule has 1 fully saturated rings. The fourth-order valence-corrected chi connectivity index (χ4v) is 2.76. The Kier molecular flexibility index (Phi) is 6.46. The lowest BCUT2D eigenvalue weighted by molar-refractivity contribution is -0.146. The zero-order valence-electron chi connectivity index (χ0n) is 13.3. The molecular weight excluding hydrogens is 256 g/mol. The molecule has 20 heavy (non-hydrogen) atoms. The number of carbonyl (C=O) groups is 2. The molecular formula is C15H28N2O3. The van der Waals surface area contributed by atoms with E-state index in [4.69, 9.17) is 4.74 Å². The van der Waals surface area contributed by atoms with Crippen LogP contribution in [0.5, 0.6) is 0 Å². The summed E-state index contributed by atoms with van der Waals surface area (Å²) in [6.07, 6.45) is 1.88. The van der Waals surface area contributed by atoms with E-state index in [-0.39, 0.29) is 35.8 Å². The van der Waals surface area contributed by atoms with Gasteiger partial charge in [-0.25, -0.2) is 0 Å². The van der Waals surface area contributed by atoms with E-state index in [2.05, 4.69) is 24.1 Å². The number of hydrogen-bond donors (Lipinski definition) is 1. The lowest BCUT2D eigenvalue weighted by Gasteiger charge is -2.25. The van der Waals surface area contributed by atoms with Crippen molar-refractivity contribution >= 4 is 11.9 Å². The summed E-state index contributed by atoms with van der Waals surface area (Å²) in [5.41, 5.74) is 0. The summed E-state index contributed by atoms with van der Waals surface area (Å²) in [5, 5.41) is 3.07. The number of ether oxygens (including phenoxy) is 1. The average molecular weight is 284 g/mol. The second kappa shape index (κ2) is 7.62. The molecule has 116 valence electrons. The normalized spacial score (nSPS) is 24.7. The van der Waals surface area contributed by atoms with E-state index in [0.29, 0.717) is 6.54 Å². The van der Waals surface area contributed by atoms with E-state index < -0.39 is 0 Å². The maximum absolute atomic E-state index is 12.2. The summed E-state index contributed by atoms with van der Waals surface area (Å²) in [6, 6.07) is 0.0362. The van der Waals surface area contributed by atoms with Crippen LogP contribution in [0.1, 0.15) is 40.5 Å². The topological polar surface area (TPSA) is 58.6 Å². The Hall–Kier alpha value is -1.10. The van der Waals surface area contributed by atoms with Crippen molar-refractivity contribution in [3.8, 4) is 0 Å². The van der Waals surface area contributed by atoms with Crippen molar-refractivity contribution in [2.75, 3.05) is 20.2 Å². The molecule has 0 spiro atoms. The summed E-state index contributed by atoms with van der Waals surface area (Å²) in [4.78, 5) is 26.0. The third-order valence-corrected chi connectivity index (χ3v) is 4.40. The van der Waals surface area contributed by atoms with Crippen LogP contribution < -0.4 is 5.32 Å². The Morgan fingerprint density at radius 2 is 1.90 bits per heavy atom. The van der Waals surface area contributed by atoms with Crippen molar-refractivity contribution in [1.82, 2.24) is 10.2 Å². The van der Waals surface area contributed by atoms with Gasteiger partial charge >= 0.3 is 5.97 Å². The average Bonchev–Trinajstić information content (AvgIpc) is 2.84. The SMILES string of the molecule is CCC(CC)NC(=O)C(C)N1CC(C)C(C(=O)OC)C1. The van der Waals surface area contributed by atoms with Gasteiger partial charge in [0.15, 0.2) is 0 Å². The van der Waals surface area contributed by atoms with Crippen molar-refractivity contribution in [3.63, 3.8) is 0 Å². The molecule has 1 aliphatic rings. The van der Waals surface area contributed by atoms with Gasteiger partial charge in [-0.3, -0.25) is 14.5 Å². The Labute approximate surface area is 122 Å². The quantitative estimate of drug-likeness (QED) is 0.750. The number of nitrogens with zero attached hydrogens (tertiary/aromatic N) is 1. The van der Waals surface area contributed by atoms with Gasteiger partial charge in [0.25, 0.3) is 0 Å². The molecule has 3 atom stereocenters. The van der Waals surface area contributed by atoms with Gasteiger partial charge in [-0.2, -0.15) is 0 Å². The van der Waals surface area contributed by atoms with Crippen molar-refractivity contribution in [2.45, 2.75) is 52.6 Å². The molecule has 5 heteroatoms. The van der Waals surface area contributed by atoms with Crippen LogP contribution in [-0.2, 0) is 14.3 Å². The monoisotopic (exact) mass is 284 g/mol. The van der Waals surface area contributed by atoms with Crippen molar-refractivity contribution in [2.24, 2.45) is 11.8 Å². The van der Waals surface area contributed by atoms with Crippen LogP contribution in [0, 0.1) is 11.8 Å². The van der Waals surface area contributed by atoms with Gasteiger partial charge < -0.3 is 10.1 Å². The standard InChI is InChI=1S/C15H28N2O3/c1-6-12(7-2)16-14(18)11(4)17-8-10(3)13(9-17)15(19)20-5/h10-13H,6-9H2,1-5H3,(H,16,18). The summed E-state index contributed by atoms with van der Waals surface area (Å²) >= 11 is 0. The van der Waals surface area contributed by atoms with Crippen LogP contribution in [0.2, 0.25) is 0 Å². The molecule has 1 aliphatic heterocycles. The number of hydrogen-bond acceptors (Lipinski definition) is 4. The summed E-state index contributed by atoms with van der Waals surface area (Å²) in [5.74, 6) is -0.0155. The second-order valence-corrected chi connectivity index (χ2v) is 5.76. The highest BCUT2D eigenvalue weighted by Crippen LogP contribution is 2.25. The van der Waals surface area contributed by atoms with E-state index in [1.165, 1.54) is 7.11 Å². The smallest absolute Gasteiger partial charge is 0.310 e. The largest absolute Gasteiger partial charge is 0.469 e. The number of esters is 1. The van der Waals surface area contributed by atoms with Gasteiger partial charge in [0, 0.05) is 19.1 Å². The molecule has 1 rings (SSSR count). The number of nitrogens with one attached hydrogen (secondary N) is 1. The molecule has 0 bridgehead atoms. The number of methoxy groups -OCH3 is 1. The number of rotatable bonds is 6. The van der Waals surface area contributed by atoms with Crippen LogP contribution in [-0.4, -0.2) is 49.1 Å². The Bertz CT molecular complexity index is 342. The van der Waals surface area contributed by atoms with Crippen molar-refractivity contribution in [3.05, 3.63) is 0 Å². The molecule has 3 unspecified atom stereocenters. The molecule has 0 aromatic heterocycles. The minimum atomic E-state index is -0.201. The van der Waals surface area contributed by atoms with Gasteiger partial charge in [0.2, 0.25) is 5.91 Å². The fourth-order valence-electron chi connectivity index (χ4n) is 2.76. The van der Waals surface area contributed by atoms with Gasteiger partial charge in [0.1, 0.15) is 0 Å². The third-order valence-electron chi connectivity index (χ3n) is 4.40. The fraction of sp³-hybridized carbons (Fsp3) is 0.867. The van der Waals surface area contributed by atoms with Gasteiger partial charge in [0.05, 0.1) is 19.1 Å². The first kappa shape index (κ1) is 17.0. The molecule has 0 saturated carbocycles. The molecule has 0 aliphatic carbocycles. The lowest BCUT2D eigenvalue weighted by atomic mass is 9.99. The van der Waals surface area contributed by atoms with Crippen LogP contribution in [0.4, 0.5) is 0 Å². The van der Waals surface area contributed by atoms with Crippen molar-refractivity contribution < 1.29 is 14.3 Å². The highest BCUT2D eigenvalue weighted by Gasteiger charge is 2.39. The maximum atomic E-state index is 12.2. The molecule has 1 amide bonds. The third kappa shape index (κ3) is 3.95. The molecule has 5 nitrogen and oxygen atoms in total. The van der Waals surface area contributed by atoms with Gasteiger partial charge in [-0.15, -0.1) is 0 Å². The highest BCUT2D eigenvalue weighted by molar-refractivity contribution is 5.82. The number of amides is 1. The van der Waals surface area contributed by atoms with Crippen LogP contribution in [0.3, 0.4) is 0 Å². The van der Waals surface area contributed by atoms with Crippen molar-refractivity contribution in [1.29, 1.82) is 0 Å². The van der Waals surface area contributed by atoms with E-state index in [1.807, 2.05) is 13.8 Å². The summed E-state index contributed by atoms with van der Waals surface area (Å²) < 4.78 is 4.83. The number of likely N-dealkylation sites (tertiary alicyclic amines) is 1. The minimum Gasteiger partial charge on any atom is -0.469 e. The first-order chi connectivity index (χ1) is 9.44. The predicted molar refractivity (Wildman–Crippen MR) is 78.2 cm³/mol. The summed E-state index contributed by atoms with van der Waals surface area (Å²) in [6.45, 7) is 9.45. The molecule has 1 saturated heterocycles. The molecule has 1 heterocycles. The summed E-state index contributed by atoms with van der Waals surface area (Å²) in [7, 11) is 1.42. The Balaban J connectivity index is 2.58. The molecule has 0 aromatic carbocycles. The van der Waals surface area contributed by atoms with Crippen LogP contribution >= 0.6 is 0 Å². The highest BCUT2D eigenvalue weighted by atomic mass is 16.5. The van der Waals surface area contributed by atoms with Crippen LogP contribution in [0.15, 0.2) is 0 Å². The molecule has 1 N–H and O–H groups in total. The Morgan fingerprint density at radius 1 is 1.30 bits per heavy atom. The van der Waals surface area contributed by atoms with E-state index in [9.17, 15) is 9.59 Å². The van der Waals surface area contributed by atoms with Gasteiger partial charge in [-0.05, 0) is 25.7 Å². The first-order valence-electron chi connectivity index (χ1n) is 7.56. The minimum absolute atomic E-state index is 0.0522. The van der Waals surface area contributed by atoms with E-state index in [1.54, 1.807) is 0 Å². The van der Waals surface area contributed by atoms with Gasteiger partial charge in [-0.1, -0.05) is 20.8 Å². The van der Waals surface area contributed by atoms with E-state index in [0.717, 1.165) is 19.4 Å².